The summed E-state index contributed by atoms with van der Waals surface area (Å²) >= 11 is 1.70. The van der Waals surface area contributed by atoms with Crippen LogP contribution >= 0.6 is 11.8 Å². The molecule has 0 saturated carbocycles. The van der Waals surface area contributed by atoms with Crippen LogP contribution in [0.1, 0.15) is 6.42 Å². The third-order valence-corrected chi connectivity index (χ3v) is 4.14. The lowest BCUT2D eigenvalue weighted by molar-refractivity contribution is -0.151. The molecule has 1 aromatic carbocycles. The molecule has 0 spiro atoms. The van der Waals surface area contributed by atoms with Crippen LogP contribution in [-0.2, 0) is 14.3 Å². The largest absolute Gasteiger partial charge is 0.343 e. The van der Waals surface area contributed by atoms with Crippen molar-refractivity contribution in [2.45, 2.75) is 29.0 Å². The van der Waals surface area contributed by atoms with Gasteiger partial charge in [0.25, 0.3) is 0 Å². The molecule has 3 atom stereocenters. The van der Waals surface area contributed by atoms with E-state index in [4.69, 9.17) is 9.47 Å². The second kappa shape index (κ2) is 4.20. The molecule has 0 aliphatic carbocycles. The zero-order chi connectivity index (χ0) is 11.0. The van der Waals surface area contributed by atoms with Crippen molar-refractivity contribution < 1.29 is 14.3 Å². The van der Waals surface area contributed by atoms with E-state index in [0.717, 1.165) is 0 Å². The van der Waals surface area contributed by atoms with Crippen LogP contribution in [0.15, 0.2) is 35.2 Å². The van der Waals surface area contributed by atoms with Crippen molar-refractivity contribution in [2.75, 3.05) is 6.61 Å². The van der Waals surface area contributed by atoms with E-state index < -0.39 is 6.29 Å². The van der Waals surface area contributed by atoms with Crippen LogP contribution in [0.4, 0.5) is 0 Å². The topological polar surface area (TPSA) is 35.5 Å². The molecule has 2 aliphatic rings. The quantitative estimate of drug-likeness (QED) is 0.785. The number of hydrogen-bond donors (Lipinski definition) is 0. The van der Waals surface area contributed by atoms with Crippen molar-refractivity contribution in [2.24, 2.45) is 0 Å². The lowest BCUT2D eigenvalue weighted by Crippen LogP contribution is -2.37. The van der Waals surface area contributed by atoms with Gasteiger partial charge in [0, 0.05) is 16.6 Å². The molecule has 2 aliphatic heterocycles. The van der Waals surface area contributed by atoms with Crippen LogP contribution < -0.4 is 0 Å². The number of thioether (sulfide) groups is 1. The number of hydrogen-bond acceptors (Lipinski definition) is 4. The molecule has 2 heterocycles. The molecule has 2 bridgehead atoms. The predicted octanol–water partition coefficient (Wildman–Crippen LogP) is 1.86. The second-order valence-electron chi connectivity index (χ2n) is 3.98. The highest BCUT2D eigenvalue weighted by Gasteiger charge is 2.43. The van der Waals surface area contributed by atoms with E-state index in [0.29, 0.717) is 13.0 Å². The summed E-state index contributed by atoms with van der Waals surface area (Å²) in [6.07, 6.45) is 0.0278. The molecule has 2 saturated heterocycles. The lowest BCUT2D eigenvalue weighted by atomic mass is 10.1. The van der Waals surface area contributed by atoms with Crippen molar-refractivity contribution in [3.63, 3.8) is 0 Å². The third-order valence-electron chi connectivity index (χ3n) is 2.82. The summed E-state index contributed by atoms with van der Waals surface area (Å²) in [5, 5.41) is 0.189. The molecular formula is C12H12O3S. The molecular weight excluding hydrogens is 224 g/mol. The molecule has 2 fully saturated rings. The number of fused-ring (bicyclic) bond motifs is 2. The summed E-state index contributed by atoms with van der Waals surface area (Å²) in [7, 11) is 0. The van der Waals surface area contributed by atoms with E-state index in [9.17, 15) is 4.79 Å². The Balaban J connectivity index is 1.73. The standard InChI is InChI=1S/C12H12O3S/c13-9-6-11(10-7-14-12(9)15-10)16-8-4-2-1-3-5-8/h1-5,10-12H,6-7H2/t10?,11-,12+/m1/s1. The summed E-state index contributed by atoms with van der Waals surface area (Å²) in [5.41, 5.74) is 0. The van der Waals surface area contributed by atoms with Gasteiger partial charge in [-0.3, -0.25) is 4.79 Å². The van der Waals surface area contributed by atoms with Crippen LogP contribution in [-0.4, -0.2) is 30.0 Å². The summed E-state index contributed by atoms with van der Waals surface area (Å²) < 4.78 is 10.8. The maximum atomic E-state index is 11.6. The van der Waals surface area contributed by atoms with Gasteiger partial charge < -0.3 is 9.47 Å². The highest BCUT2D eigenvalue weighted by molar-refractivity contribution is 8.00. The number of Topliss-reactive ketones (excluding diaryl/α,β-unsaturated/α-hetero) is 1. The Labute approximate surface area is 98.1 Å². The summed E-state index contributed by atoms with van der Waals surface area (Å²) in [6.45, 7) is 0.543. The lowest BCUT2D eigenvalue weighted by Gasteiger charge is -2.25. The van der Waals surface area contributed by atoms with E-state index in [1.54, 1.807) is 11.8 Å². The summed E-state index contributed by atoms with van der Waals surface area (Å²) in [6, 6.07) is 10.1. The van der Waals surface area contributed by atoms with Crippen LogP contribution in [0, 0.1) is 0 Å². The van der Waals surface area contributed by atoms with E-state index in [1.165, 1.54) is 4.90 Å². The number of carbonyl (C=O) groups excluding carboxylic acids is 1. The molecule has 4 heteroatoms. The SMILES string of the molecule is O=C1C[C@@H](Sc2ccccc2)C2CO[C@H]1O2. The van der Waals surface area contributed by atoms with Gasteiger partial charge in [0.05, 0.1) is 12.7 Å². The molecule has 1 unspecified atom stereocenters. The zero-order valence-electron chi connectivity index (χ0n) is 8.67. The Hall–Kier alpha value is -0.840. The maximum absolute atomic E-state index is 11.6. The van der Waals surface area contributed by atoms with E-state index in [2.05, 4.69) is 12.1 Å². The monoisotopic (exact) mass is 236 g/mol. The Bertz CT molecular complexity index is 393. The van der Waals surface area contributed by atoms with Gasteiger partial charge >= 0.3 is 0 Å². The summed E-state index contributed by atoms with van der Waals surface area (Å²) in [5.74, 6) is 0.0715. The fourth-order valence-corrected chi connectivity index (χ4v) is 3.21. The highest BCUT2D eigenvalue weighted by Crippen LogP contribution is 2.36. The van der Waals surface area contributed by atoms with Gasteiger partial charge in [0.1, 0.15) is 0 Å². The van der Waals surface area contributed by atoms with Crippen molar-refractivity contribution >= 4 is 17.5 Å². The van der Waals surface area contributed by atoms with Crippen LogP contribution in [0.3, 0.4) is 0 Å². The van der Waals surface area contributed by atoms with Gasteiger partial charge in [-0.15, -0.1) is 11.8 Å². The van der Waals surface area contributed by atoms with Crippen LogP contribution in [0.5, 0.6) is 0 Å². The van der Waals surface area contributed by atoms with Crippen molar-refractivity contribution in [3.8, 4) is 0 Å². The zero-order valence-corrected chi connectivity index (χ0v) is 9.48. The van der Waals surface area contributed by atoms with Gasteiger partial charge in [0.15, 0.2) is 5.78 Å². The van der Waals surface area contributed by atoms with Gasteiger partial charge in [-0.2, -0.15) is 0 Å². The van der Waals surface area contributed by atoms with E-state index >= 15 is 0 Å². The first-order valence-corrected chi connectivity index (χ1v) is 6.22. The molecule has 3 rings (SSSR count). The fourth-order valence-electron chi connectivity index (χ4n) is 2.00. The fraction of sp³-hybridized carbons (Fsp3) is 0.417. The molecule has 84 valence electrons. The van der Waals surface area contributed by atoms with Crippen molar-refractivity contribution in [1.29, 1.82) is 0 Å². The van der Waals surface area contributed by atoms with Gasteiger partial charge in [-0.1, -0.05) is 18.2 Å². The minimum atomic E-state index is -0.586. The molecule has 0 radical (unpaired) electrons. The van der Waals surface area contributed by atoms with Crippen LogP contribution in [0.25, 0.3) is 0 Å². The second-order valence-corrected chi connectivity index (χ2v) is 5.29. The minimum absolute atomic E-state index is 0.0629. The molecule has 0 N–H and O–H groups in total. The van der Waals surface area contributed by atoms with Gasteiger partial charge in [0.2, 0.25) is 6.29 Å². The Morgan fingerprint density at radius 3 is 2.88 bits per heavy atom. The smallest absolute Gasteiger partial charge is 0.218 e. The number of carbonyl (C=O) groups is 1. The first kappa shape index (κ1) is 10.3. The Kier molecular flexibility index (Phi) is 2.71. The number of rotatable bonds is 2. The Morgan fingerprint density at radius 2 is 2.06 bits per heavy atom. The molecule has 0 amide bonds. The maximum Gasteiger partial charge on any atom is 0.218 e. The van der Waals surface area contributed by atoms with E-state index in [-0.39, 0.29) is 17.1 Å². The first-order chi connectivity index (χ1) is 7.83. The number of benzene rings is 1. The average molecular weight is 236 g/mol. The third kappa shape index (κ3) is 1.88. The summed E-state index contributed by atoms with van der Waals surface area (Å²) in [4.78, 5) is 12.8. The normalized spacial score (nSPS) is 33.0. The van der Waals surface area contributed by atoms with Gasteiger partial charge in [-0.05, 0) is 12.1 Å². The Morgan fingerprint density at radius 1 is 1.25 bits per heavy atom. The van der Waals surface area contributed by atoms with Crippen molar-refractivity contribution in [1.82, 2.24) is 0 Å². The van der Waals surface area contributed by atoms with Crippen LogP contribution in [0.2, 0.25) is 0 Å². The predicted molar refractivity (Wildman–Crippen MR) is 60.3 cm³/mol. The highest BCUT2D eigenvalue weighted by atomic mass is 32.2. The number of ether oxygens (including phenoxy) is 2. The molecule has 16 heavy (non-hydrogen) atoms. The minimum Gasteiger partial charge on any atom is -0.343 e. The number of ketones is 1. The van der Waals surface area contributed by atoms with Gasteiger partial charge in [-0.25, -0.2) is 0 Å². The average Bonchev–Trinajstić information content (AvgIpc) is 2.73. The van der Waals surface area contributed by atoms with Crippen molar-refractivity contribution in [3.05, 3.63) is 30.3 Å². The molecule has 0 aromatic heterocycles. The van der Waals surface area contributed by atoms with E-state index in [1.807, 2.05) is 18.2 Å². The molecule has 3 nitrogen and oxygen atoms in total. The first-order valence-electron chi connectivity index (χ1n) is 5.34. The molecule has 1 aromatic rings.